The lowest BCUT2D eigenvalue weighted by Crippen LogP contribution is -1.97. The van der Waals surface area contributed by atoms with Gasteiger partial charge in [-0.25, -0.2) is 0 Å². The number of nitrogens with zero attached hydrogens (tertiary/aromatic N) is 1. The van der Waals surface area contributed by atoms with E-state index < -0.39 is 6.67 Å². The lowest BCUT2D eigenvalue weighted by molar-refractivity contribution is 0.101. The van der Waals surface area contributed by atoms with Crippen LogP contribution in [0.2, 0.25) is 0 Å². The van der Waals surface area contributed by atoms with Crippen LogP contribution in [0.3, 0.4) is 0 Å². The smallest absolute Gasteiger partial charge is 0.164 e. The van der Waals surface area contributed by atoms with Gasteiger partial charge in [0.1, 0.15) is 6.26 Å². The molecule has 0 fully saturated rings. The lowest BCUT2D eigenvalue weighted by Gasteiger charge is -1.90. The largest absolute Gasteiger partial charge is 0.364 e. The van der Waals surface area contributed by atoms with Crippen LogP contribution in [0.5, 0.6) is 0 Å². The van der Waals surface area contributed by atoms with Gasteiger partial charge in [0.25, 0.3) is 0 Å². The Bertz CT molecular complexity index is 257. The fourth-order valence-electron chi connectivity index (χ4n) is 0.816. The number of hydrogen-bond donors (Lipinski definition) is 0. The van der Waals surface area contributed by atoms with E-state index in [4.69, 9.17) is 0 Å². The first-order valence-electron chi connectivity index (χ1n) is 3.26. The van der Waals surface area contributed by atoms with Crippen LogP contribution in [0, 0.1) is 0 Å². The highest BCUT2D eigenvalue weighted by Crippen LogP contribution is 2.07. The van der Waals surface area contributed by atoms with Crippen LogP contribution in [0.15, 0.2) is 10.8 Å². The predicted molar refractivity (Wildman–Crippen MR) is 36.2 cm³/mol. The topological polar surface area (TPSA) is 43.1 Å². The molecule has 11 heavy (non-hydrogen) atoms. The molecule has 0 amide bonds. The van der Waals surface area contributed by atoms with E-state index in [2.05, 4.69) is 9.68 Å². The van der Waals surface area contributed by atoms with Gasteiger partial charge in [0, 0.05) is 6.42 Å². The molecular formula is C7H8FNO2. The first-order chi connectivity index (χ1) is 5.25. The molecule has 1 aromatic heterocycles. The Balaban J connectivity index is 2.87. The highest BCUT2D eigenvalue weighted by atomic mass is 19.1. The van der Waals surface area contributed by atoms with E-state index in [0.717, 1.165) is 0 Å². The van der Waals surface area contributed by atoms with Gasteiger partial charge in [0.05, 0.1) is 17.9 Å². The molecule has 0 atom stereocenters. The van der Waals surface area contributed by atoms with Crippen molar-refractivity contribution in [3.63, 3.8) is 0 Å². The fourth-order valence-corrected chi connectivity index (χ4v) is 0.816. The zero-order chi connectivity index (χ0) is 8.27. The quantitative estimate of drug-likeness (QED) is 0.622. The molecule has 60 valence electrons. The monoisotopic (exact) mass is 157 g/mol. The van der Waals surface area contributed by atoms with Gasteiger partial charge in [-0.1, -0.05) is 5.16 Å². The molecule has 3 nitrogen and oxygen atoms in total. The minimum atomic E-state index is -0.521. The van der Waals surface area contributed by atoms with E-state index in [9.17, 15) is 9.18 Å². The van der Waals surface area contributed by atoms with Crippen molar-refractivity contribution in [2.75, 3.05) is 6.67 Å². The second kappa shape index (κ2) is 3.27. The Morgan fingerprint density at radius 2 is 2.55 bits per heavy atom. The van der Waals surface area contributed by atoms with Crippen molar-refractivity contribution in [2.24, 2.45) is 0 Å². The predicted octanol–water partition coefficient (Wildman–Crippen LogP) is 1.39. The van der Waals surface area contributed by atoms with E-state index in [1.54, 1.807) is 0 Å². The number of carbonyl (C=O) groups is 1. The molecule has 0 radical (unpaired) electrons. The van der Waals surface area contributed by atoms with Crippen LogP contribution in [0.25, 0.3) is 0 Å². The Kier molecular flexibility index (Phi) is 2.36. The first-order valence-corrected chi connectivity index (χ1v) is 3.26. The molecule has 0 aliphatic rings. The molecule has 0 unspecified atom stereocenters. The summed E-state index contributed by atoms with van der Waals surface area (Å²) >= 11 is 0. The molecule has 0 bridgehead atoms. The molecule has 0 aromatic carbocycles. The molecular weight excluding hydrogens is 149 g/mol. The highest BCUT2D eigenvalue weighted by molar-refractivity contribution is 5.94. The Hall–Kier alpha value is -1.19. The van der Waals surface area contributed by atoms with Crippen molar-refractivity contribution in [3.05, 3.63) is 17.5 Å². The van der Waals surface area contributed by atoms with Crippen molar-refractivity contribution in [1.82, 2.24) is 5.16 Å². The zero-order valence-electron chi connectivity index (χ0n) is 6.13. The molecule has 0 aliphatic carbocycles. The SMILES string of the molecule is CC(=O)c1conc1CCF. The maximum Gasteiger partial charge on any atom is 0.164 e. The summed E-state index contributed by atoms with van der Waals surface area (Å²) in [6.07, 6.45) is 1.39. The van der Waals surface area contributed by atoms with Crippen LogP contribution in [0.1, 0.15) is 23.0 Å². The van der Waals surface area contributed by atoms with Crippen LogP contribution < -0.4 is 0 Å². The third-order valence-corrected chi connectivity index (χ3v) is 1.35. The minimum Gasteiger partial charge on any atom is -0.364 e. The van der Waals surface area contributed by atoms with Gasteiger partial charge in [0.15, 0.2) is 5.78 Å². The molecule has 0 aliphatic heterocycles. The average Bonchev–Trinajstić information content (AvgIpc) is 2.36. The number of hydrogen-bond acceptors (Lipinski definition) is 3. The second-order valence-corrected chi connectivity index (χ2v) is 2.17. The standard InChI is InChI=1S/C7H8FNO2/c1-5(10)6-4-11-9-7(6)2-3-8/h4H,2-3H2,1H3. The lowest BCUT2D eigenvalue weighted by atomic mass is 10.1. The normalized spacial score (nSPS) is 10.0. The highest BCUT2D eigenvalue weighted by Gasteiger charge is 2.10. The molecule has 4 heteroatoms. The summed E-state index contributed by atoms with van der Waals surface area (Å²) in [4.78, 5) is 10.8. The fraction of sp³-hybridized carbons (Fsp3) is 0.429. The van der Waals surface area contributed by atoms with Gasteiger partial charge in [-0.05, 0) is 6.92 Å². The number of rotatable bonds is 3. The summed E-state index contributed by atoms with van der Waals surface area (Å²) in [5.74, 6) is -0.144. The average molecular weight is 157 g/mol. The van der Waals surface area contributed by atoms with Gasteiger partial charge in [-0.15, -0.1) is 0 Å². The summed E-state index contributed by atoms with van der Waals surface area (Å²) in [6.45, 7) is 0.876. The van der Waals surface area contributed by atoms with Gasteiger partial charge in [-0.2, -0.15) is 0 Å². The van der Waals surface area contributed by atoms with E-state index in [1.807, 2.05) is 0 Å². The zero-order valence-corrected chi connectivity index (χ0v) is 6.13. The number of alkyl halides is 1. The van der Waals surface area contributed by atoms with Crippen LogP contribution in [0.4, 0.5) is 4.39 Å². The van der Waals surface area contributed by atoms with Gasteiger partial charge in [-0.3, -0.25) is 9.18 Å². The Morgan fingerprint density at radius 1 is 1.82 bits per heavy atom. The number of halogens is 1. The maximum atomic E-state index is 11.8. The van der Waals surface area contributed by atoms with Gasteiger partial charge in [0.2, 0.25) is 0 Å². The van der Waals surface area contributed by atoms with Crippen molar-refractivity contribution in [3.8, 4) is 0 Å². The molecule has 0 saturated carbocycles. The van der Waals surface area contributed by atoms with Gasteiger partial charge >= 0.3 is 0 Å². The number of aromatic nitrogens is 1. The van der Waals surface area contributed by atoms with Crippen molar-refractivity contribution < 1.29 is 13.7 Å². The van der Waals surface area contributed by atoms with Crippen molar-refractivity contribution in [1.29, 1.82) is 0 Å². The maximum absolute atomic E-state index is 11.8. The third-order valence-electron chi connectivity index (χ3n) is 1.35. The Morgan fingerprint density at radius 3 is 3.09 bits per heavy atom. The number of carbonyl (C=O) groups excluding carboxylic acids is 1. The second-order valence-electron chi connectivity index (χ2n) is 2.17. The van der Waals surface area contributed by atoms with E-state index in [0.29, 0.717) is 11.3 Å². The van der Waals surface area contributed by atoms with E-state index >= 15 is 0 Å². The summed E-state index contributed by atoms with van der Waals surface area (Å²) < 4.78 is 16.3. The molecule has 0 saturated heterocycles. The molecule has 1 rings (SSSR count). The summed E-state index contributed by atoms with van der Waals surface area (Å²) in [5.41, 5.74) is 0.780. The number of aryl methyl sites for hydroxylation is 1. The summed E-state index contributed by atoms with van der Waals surface area (Å²) in [5, 5.41) is 3.49. The number of Topliss-reactive ketones (excluding diaryl/α,β-unsaturated/α-hetero) is 1. The molecule has 1 aromatic rings. The van der Waals surface area contributed by atoms with Crippen molar-refractivity contribution >= 4 is 5.78 Å². The number of ketones is 1. The van der Waals surface area contributed by atoms with E-state index in [-0.39, 0.29) is 12.2 Å². The van der Waals surface area contributed by atoms with E-state index in [1.165, 1.54) is 13.2 Å². The van der Waals surface area contributed by atoms with Crippen LogP contribution >= 0.6 is 0 Å². The molecule has 0 spiro atoms. The van der Waals surface area contributed by atoms with Crippen molar-refractivity contribution in [2.45, 2.75) is 13.3 Å². The van der Waals surface area contributed by atoms with Crippen LogP contribution in [-0.2, 0) is 6.42 Å². The third kappa shape index (κ3) is 1.63. The first kappa shape index (κ1) is 7.91. The Labute approximate surface area is 63.2 Å². The molecule has 0 N–H and O–H groups in total. The summed E-state index contributed by atoms with van der Waals surface area (Å²) in [7, 11) is 0. The summed E-state index contributed by atoms with van der Waals surface area (Å²) in [6, 6.07) is 0. The van der Waals surface area contributed by atoms with Crippen LogP contribution in [-0.4, -0.2) is 17.6 Å². The van der Waals surface area contributed by atoms with Gasteiger partial charge < -0.3 is 4.52 Å². The molecule has 1 heterocycles. The minimum absolute atomic E-state index is 0.144.